The van der Waals surface area contributed by atoms with E-state index in [1.165, 1.54) is 17.0 Å². The maximum Gasteiger partial charge on any atom is 0.139 e. The summed E-state index contributed by atoms with van der Waals surface area (Å²) in [6.45, 7) is 12.5. The van der Waals surface area contributed by atoms with E-state index < -0.39 is 10.0 Å². The Labute approximate surface area is 126 Å². The quantitative estimate of drug-likeness (QED) is 0.709. The Morgan fingerprint density at radius 3 is 2.10 bits per heavy atom. The standard InChI is InChI=1S/C16H32N2OS/c1-12(2)15-14(5)18(17-16(15)13(3)4)11-19-9-10-20(6,7)8/h12-13H,9-11H2,1-8H3. The Morgan fingerprint density at radius 1 is 1.10 bits per heavy atom. The molecule has 20 heavy (non-hydrogen) atoms. The molecule has 0 aliphatic rings. The SMILES string of the molecule is Cc1c(C(C)C)c(C(C)C)nn1COCCS(C)(C)C. The van der Waals surface area contributed by atoms with E-state index in [4.69, 9.17) is 9.84 Å². The first-order valence-electron chi connectivity index (χ1n) is 7.44. The van der Waals surface area contributed by atoms with Gasteiger partial charge in [0, 0.05) is 11.4 Å². The summed E-state index contributed by atoms with van der Waals surface area (Å²) in [5, 5.41) is 4.76. The summed E-state index contributed by atoms with van der Waals surface area (Å²) in [6.07, 6.45) is 6.97. The van der Waals surface area contributed by atoms with Crippen LogP contribution in [0.2, 0.25) is 0 Å². The molecule has 0 amide bonds. The van der Waals surface area contributed by atoms with Crippen LogP contribution >= 0.6 is 10.0 Å². The molecule has 118 valence electrons. The number of ether oxygens (including phenoxy) is 1. The van der Waals surface area contributed by atoms with Gasteiger partial charge in [0.15, 0.2) is 0 Å². The van der Waals surface area contributed by atoms with Crippen molar-refractivity contribution in [2.45, 2.75) is 53.2 Å². The van der Waals surface area contributed by atoms with Gasteiger partial charge in [-0.1, -0.05) is 27.7 Å². The van der Waals surface area contributed by atoms with E-state index in [1.54, 1.807) is 0 Å². The van der Waals surface area contributed by atoms with E-state index in [0.717, 1.165) is 12.4 Å². The zero-order chi connectivity index (χ0) is 15.5. The first-order valence-corrected chi connectivity index (χ1v) is 10.5. The van der Waals surface area contributed by atoms with Crippen LogP contribution in [-0.2, 0) is 11.5 Å². The van der Waals surface area contributed by atoms with Gasteiger partial charge in [-0.25, -0.2) is 14.7 Å². The molecule has 0 aromatic carbocycles. The zero-order valence-electron chi connectivity index (χ0n) is 14.5. The lowest BCUT2D eigenvalue weighted by molar-refractivity contribution is 0.0790. The predicted molar refractivity (Wildman–Crippen MR) is 91.3 cm³/mol. The van der Waals surface area contributed by atoms with Crippen LogP contribution in [0, 0.1) is 6.92 Å². The van der Waals surface area contributed by atoms with Crippen molar-refractivity contribution in [1.29, 1.82) is 0 Å². The van der Waals surface area contributed by atoms with Gasteiger partial charge >= 0.3 is 0 Å². The Bertz CT molecular complexity index is 430. The highest BCUT2D eigenvalue weighted by Gasteiger charge is 2.19. The zero-order valence-corrected chi connectivity index (χ0v) is 15.3. The fourth-order valence-electron chi connectivity index (χ4n) is 2.31. The van der Waals surface area contributed by atoms with Crippen LogP contribution in [0.1, 0.15) is 56.5 Å². The van der Waals surface area contributed by atoms with E-state index in [-0.39, 0.29) is 0 Å². The van der Waals surface area contributed by atoms with E-state index >= 15 is 0 Å². The van der Waals surface area contributed by atoms with Gasteiger partial charge in [0.05, 0.1) is 12.3 Å². The third-order valence-electron chi connectivity index (χ3n) is 3.46. The molecule has 0 saturated heterocycles. The Balaban J connectivity index is 2.74. The molecule has 0 atom stereocenters. The maximum atomic E-state index is 5.83. The summed E-state index contributed by atoms with van der Waals surface area (Å²) < 4.78 is 7.86. The summed E-state index contributed by atoms with van der Waals surface area (Å²) in [7, 11) is -0.473. The Kier molecular flexibility index (Phi) is 6.14. The molecule has 1 heterocycles. The van der Waals surface area contributed by atoms with Crippen molar-refractivity contribution in [1.82, 2.24) is 9.78 Å². The molecular formula is C16H32N2OS. The van der Waals surface area contributed by atoms with Crippen molar-refractivity contribution in [2.75, 3.05) is 31.1 Å². The topological polar surface area (TPSA) is 27.1 Å². The van der Waals surface area contributed by atoms with Crippen molar-refractivity contribution >= 4 is 10.0 Å². The smallest absolute Gasteiger partial charge is 0.139 e. The molecule has 1 aromatic rings. The molecule has 0 unspecified atom stereocenters. The van der Waals surface area contributed by atoms with Crippen molar-refractivity contribution in [3.8, 4) is 0 Å². The van der Waals surface area contributed by atoms with Gasteiger partial charge in [-0.05, 0) is 43.1 Å². The second kappa shape index (κ2) is 6.99. The van der Waals surface area contributed by atoms with E-state index in [0.29, 0.717) is 18.6 Å². The first kappa shape index (κ1) is 17.6. The van der Waals surface area contributed by atoms with Crippen LogP contribution < -0.4 is 0 Å². The largest absolute Gasteiger partial charge is 0.358 e. The van der Waals surface area contributed by atoms with Gasteiger partial charge in [-0.15, -0.1) is 0 Å². The normalized spacial score (nSPS) is 13.5. The lowest BCUT2D eigenvalue weighted by atomic mass is 9.95. The van der Waals surface area contributed by atoms with Crippen LogP contribution in [-0.4, -0.2) is 40.9 Å². The van der Waals surface area contributed by atoms with Gasteiger partial charge in [-0.3, -0.25) is 0 Å². The van der Waals surface area contributed by atoms with Crippen LogP contribution in [0.15, 0.2) is 0 Å². The second-order valence-electron chi connectivity index (χ2n) is 7.03. The lowest BCUT2D eigenvalue weighted by Crippen LogP contribution is -2.12. The average Bonchev–Trinajstić information content (AvgIpc) is 2.61. The average molecular weight is 301 g/mol. The van der Waals surface area contributed by atoms with Crippen molar-refractivity contribution in [3.63, 3.8) is 0 Å². The van der Waals surface area contributed by atoms with E-state index in [9.17, 15) is 0 Å². The number of hydrogen-bond acceptors (Lipinski definition) is 2. The maximum absolute atomic E-state index is 5.83. The van der Waals surface area contributed by atoms with Crippen LogP contribution in [0.3, 0.4) is 0 Å². The number of rotatable bonds is 7. The van der Waals surface area contributed by atoms with Gasteiger partial charge < -0.3 is 4.74 Å². The van der Waals surface area contributed by atoms with Crippen LogP contribution in [0.4, 0.5) is 0 Å². The molecule has 0 aliphatic heterocycles. The Hall–Kier alpha value is -0.480. The molecule has 0 aliphatic carbocycles. The van der Waals surface area contributed by atoms with Gasteiger partial charge in [0.25, 0.3) is 0 Å². The van der Waals surface area contributed by atoms with Crippen LogP contribution in [0.25, 0.3) is 0 Å². The minimum absolute atomic E-state index is 0.464. The fourth-order valence-corrected chi connectivity index (χ4v) is 2.93. The summed E-state index contributed by atoms with van der Waals surface area (Å²) in [5.41, 5.74) is 3.87. The minimum atomic E-state index is -0.473. The fraction of sp³-hybridized carbons (Fsp3) is 0.812. The monoisotopic (exact) mass is 300 g/mol. The summed E-state index contributed by atoms with van der Waals surface area (Å²) in [4.78, 5) is 0. The van der Waals surface area contributed by atoms with E-state index in [1.807, 2.05) is 4.68 Å². The molecule has 0 bridgehead atoms. The molecule has 0 saturated carbocycles. The molecule has 0 spiro atoms. The molecule has 3 nitrogen and oxygen atoms in total. The summed E-state index contributed by atoms with van der Waals surface area (Å²) in [6, 6.07) is 0. The summed E-state index contributed by atoms with van der Waals surface area (Å²) >= 11 is 0. The molecule has 1 aromatic heterocycles. The van der Waals surface area contributed by atoms with Gasteiger partial charge in [0.2, 0.25) is 0 Å². The van der Waals surface area contributed by atoms with Gasteiger partial charge in [-0.2, -0.15) is 5.10 Å². The molecule has 0 radical (unpaired) electrons. The van der Waals surface area contributed by atoms with E-state index in [2.05, 4.69) is 53.4 Å². The molecular weight excluding hydrogens is 268 g/mol. The predicted octanol–water partition coefficient (Wildman–Crippen LogP) is 4.11. The molecule has 1 rings (SSSR count). The number of nitrogens with zero attached hydrogens (tertiary/aromatic N) is 2. The molecule has 0 fully saturated rings. The first-order chi connectivity index (χ1) is 9.13. The summed E-state index contributed by atoms with van der Waals surface area (Å²) in [5.74, 6) is 2.13. The highest BCUT2D eigenvalue weighted by molar-refractivity contribution is 8.32. The molecule has 4 heteroatoms. The second-order valence-corrected chi connectivity index (χ2v) is 11.6. The molecule has 0 N–H and O–H groups in total. The third kappa shape index (κ3) is 4.81. The Morgan fingerprint density at radius 2 is 1.70 bits per heavy atom. The number of aromatic nitrogens is 2. The van der Waals surface area contributed by atoms with Gasteiger partial charge in [0.1, 0.15) is 6.73 Å². The third-order valence-corrected chi connectivity index (χ3v) is 4.85. The lowest BCUT2D eigenvalue weighted by Gasteiger charge is -2.24. The van der Waals surface area contributed by atoms with Crippen molar-refractivity contribution in [3.05, 3.63) is 17.0 Å². The minimum Gasteiger partial charge on any atom is -0.358 e. The van der Waals surface area contributed by atoms with Crippen molar-refractivity contribution in [2.24, 2.45) is 0 Å². The highest BCUT2D eigenvalue weighted by atomic mass is 32.3. The van der Waals surface area contributed by atoms with Crippen molar-refractivity contribution < 1.29 is 4.74 Å². The highest BCUT2D eigenvalue weighted by Crippen LogP contribution is 2.33. The number of hydrogen-bond donors (Lipinski definition) is 0. The van der Waals surface area contributed by atoms with Crippen LogP contribution in [0.5, 0.6) is 0 Å².